The highest BCUT2D eigenvalue weighted by molar-refractivity contribution is 7.16. The molecule has 1 aliphatic carbocycles. The van der Waals surface area contributed by atoms with Crippen LogP contribution in [0.3, 0.4) is 0 Å². The summed E-state index contributed by atoms with van der Waals surface area (Å²) >= 11 is 14.2. The van der Waals surface area contributed by atoms with Crippen LogP contribution in [0.2, 0.25) is 10.0 Å². The molecule has 2 aromatic heterocycles. The van der Waals surface area contributed by atoms with Crippen molar-refractivity contribution >= 4 is 68.3 Å². The Morgan fingerprint density at radius 1 is 0.953 bits per heavy atom. The van der Waals surface area contributed by atoms with Gasteiger partial charge in [-0.25, -0.2) is 4.99 Å². The smallest absolute Gasteiger partial charge is 0.259 e. The molecule has 0 radical (unpaired) electrons. The molecule has 5 aromatic rings. The highest BCUT2D eigenvalue weighted by Gasteiger charge is 2.25. The first kappa shape index (κ1) is 29.7. The zero-order valence-corrected chi connectivity index (χ0v) is 27.1. The minimum absolute atomic E-state index is 0.0716. The van der Waals surface area contributed by atoms with Crippen molar-refractivity contribution in [1.29, 1.82) is 0 Å². The number of aliphatic imine (C=N–C) groups is 1. The zero-order valence-electron chi connectivity index (χ0n) is 24.8. The van der Waals surface area contributed by atoms with Crippen LogP contribution in [-0.4, -0.2) is 16.7 Å². The van der Waals surface area contributed by atoms with E-state index in [4.69, 9.17) is 28.2 Å². The van der Waals surface area contributed by atoms with Crippen molar-refractivity contribution in [3.63, 3.8) is 0 Å². The van der Waals surface area contributed by atoms with Crippen LogP contribution >= 0.6 is 34.5 Å². The number of benzene rings is 3. The fourth-order valence-electron chi connectivity index (χ4n) is 6.05. The molecule has 220 valence electrons. The number of fused-ring (bicyclic) bond motifs is 2. The SMILES string of the molecule is Cc1ccc(C)c(NC(=O)c2c(N=Cc3c(C)n(Cc4ccc(Cl)c(Cl)c4)c4ccccc34)sc3c2CCCCCC3)c1. The fourth-order valence-corrected chi connectivity index (χ4v) is 7.60. The number of rotatable bonds is 6. The Labute approximate surface area is 267 Å². The lowest BCUT2D eigenvalue weighted by Crippen LogP contribution is -2.15. The second kappa shape index (κ2) is 12.7. The molecule has 0 saturated carbocycles. The van der Waals surface area contributed by atoms with Crippen molar-refractivity contribution in [3.8, 4) is 0 Å². The topological polar surface area (TPSA) is 46.4 Å². The van der Waals surface area contributed by atoms with E-state index in [0.717, 1.165) is 80.8 Å². The van der Waals surface area contributed by atoms with Gasteiger partial charge in [-0.2, -0.15) is 0 Å². The first-order valence-corrected chi connectivity index (χ1v) is 16.5. The molecule has 0 fully saturated rings. The minimum atomic E-state index is -0.0716. The van der Waals surface area contributed by atoms with Crippen LogP contribution in [0, 0.1) is 20.8 Å². The number of aromatic nitrogens is 1. The summed E-state index contributed by atoms with van der Waals surface area (Å²) in [6, 6.07) is 20.3. The Balaban J connectivity index is 1.41. The third kappa shape index (κ3) is 6.17. The predicted molar refractivity (Wildman–Crippen MR) is 184 cm³/mol. The summed E-state index contributed by atoms with van der Waals surface area (Å²) < 4.78 is 2.29. The van der Waals surface area contributed by atoms with Crippen molar-refractivity contribution < 1.29 is 4.79 Å². The van der Waals surface area contributed by atoms with Gasteiger partial charge in [0.1, 0.15) is 5.00 Å². The number of thiophene rings is 1. The monoisotopic (exact) mass is 627 g/mol. The fraction of sp³-hybridized carbons (Fsp3) is 0.278. The van der Waals surface area contributed by atoms with Gasteiger partial charge in [0.25, 0.3) is 5.91 Å². The van der Waals surface area contributed by atoms with Crippen LogP contribution in [-0.2, 0) is 19.4 Å². The van der Waals surface area contributed by atoms with Crippen molar-refractivity contribution in [2.45, 2.75) is 65.8 Å². The highest BCUT2D eigenvalue weighted by atomic mass is 35.5. The lowest BCUT2D eigenvalue weighted by Gasteiger charge is -2.13. The van der Waals surface area contributed by atoms with E-state index in [-0.39, 0.29) is 5.91 Å². The zero-order chi connectivity index (χ0) is 30.1. The molecule has 7 heteroatoms. The standard InChI is InChI=1S/C36H35Cl2N3OS/c1-22-14-15-23(2)31(18-22)40-35(42)34-27-11-6-4-5-7-13-33(27)43-36(34)39-20-28-24(3)41(32-12-9-8-10-26(28)32)21-25-16-17-29(37)30(38)19-25/h8-10,12,14-20H,4-7,11,13,21H2,1-3H3,(H,40,42). The van der Waals surface area contributed by atoms with Crippen molar-refractivity contribution in [1.82, 2.24) is 4.57 Å². The molecule has 1 aliphatic rings. The summed E-state index contributed by atoms with van der Waals surface area (Å²) in [6.07, 6.45) is 8.55. The van der Waals surface area contributed by atoms with E-state index < -0.39 is 0 Å². The lowest BCUT2D eigenvalue weighted by atomic mass is 9.96. The van der Waals surface area contributed by atoms with Crippen molar-refractivity contribution in [2.75, 3.05) is 5.32 Å². The Kier molecular flexibility index (Phi) is 8.76. The largest absolute Gasteiger partial charge is 0.340 e. The first-order chi connectivity index (χ1) is 20.8. The minimum Gasteiger partial charge on any atom is -0.340 e. The van der Waals surface area contributed by atoms with E-state index in [2.05, 4.69) is 53.2 Å². The molecule has 3 aromatic carbocycles. The molecule has 4 nitrogen and oxygen atoms in total. The molecule has 0 saturated heterocycles. The van der Waals surface area contributed by atoms with Gasteiger partial charge >= 0.3 is 0 Å². The summed E-state index contributed by atoms with van der Waals surface area (Å²) in [5.41, 5.74) is 9.29. The number of carbonyl (C=O) groups is 1. The van der Waals surface area contributed by atoms with Gasteiger partial charge in [0, 0.05) is 45.5 Å². The third-order valence-corrected chi connectivity index (χ3v) is 10.4. The number of aryl methyl sites for hydroxylation is 3. The molecule has 0 spiro atoms. The van der Waals surface area contributed by atoms with Gasteiger partial charge in [-0.3, -0.25) is 4.79 Å². The number of hydrogen-bond acceptors (Lipinski definition) is 3. The number of nitrogens with one attached hydrogen (secondary N) is 1. The molecular formula is C36H35Cl2N3OS. The molecular weight excluding hydrogens is 593 g/mol. The van der Waals surface area contributed by atoms with Gasteiger partial charge in [-0.05, 0) is 93.0 Å². The van der Waals surface area contributed by atoms with Gasteiger partial charge in [-0.15, -0.1) is 11.3 Å². The number of nitrogens with zero attached hydrogens (tertiary/aromatic N) is 2. The number of anilines is 1. The average Bonchev–Trinajstić information content (AvgIpc) is 3.44. The molecule has 2 heterocycles. The second-order valence-corrected chi connectivity index (χ2v) is 13.4. The maximum atomic E-state index is 14.0. The van der Waals surface area contributed by atoms with Gasteiger partial charge in [0.05, 0.1) is 15.6 Å². The number of amides is 1. The quantitative estimate of drug-likeness (QED) is 0.187. The van der Waals surface area contributed by atoms with Crippen LogP contribution in [0.1, 0.15) is 74.4 Å². The van der Waals surface area contributed by atoms with E-state index in [0.29, 0.717) is 16.6 Å². The number of carbonyl (C=O) groups excluding carboxylic acids is 1. The molecule has 0 bridgehead atoms. The van der Waals surface area contributed by atoms with Gasteiger partial charge < -0.3 is 9.88 Å². The van der Waals surface area contributed by atoms with E-state index >= 15 is 0 Å². The van der Waals surface area contributed by atoms with E-state index in [1.54, 1.807) is 11.3 Å². The lowest BCUT2D eigenvalue weighted by molar-refractivity contribution is 0.102. The van der Waals surface area contributed by atoms with Crippen LogP contribution in [0.15, 0.2) is 65.7 Å². The summed E-state index contributed by atoms with van der Waals surface area (Å²) in [5.74, 6) is -0.0716. The Hall–Kier alpha value is -3.38. The second-order valence-electron chi connectivity index (χ2n) is 11.5. The first-order valence-electron chi connectivity index (χ1n) is 14.9. The van der Waals surface area contributed by atoms with Crippen LogP contribution in [0.5, 0.6) is 0 Å². The number of para-hydroxylation sites is 1. The van der Waals surface area contributed by atoms with E-state index in [1.807, 2.05) is 44.3 Å². The Bertz CT molecular complexity index is 1870. The van der Waals surface area contributed by atoms with Gasteiger partial charge in [-0.1, -0.05) is 72.4 Å². The molecule has 1 amide bonds. The average molecular weight is 629 g/mol. The molecule has 0 unspecified atom stereocenters. The van der Waals surface area contributed by atoms with Crippen LogP contribution < -0.4 is 5.32 Å². The Morgan fingerprint density at radius 2 is 1.74 bits per heavy atom. The summed E-state index contributed by atoms with van der Waals surface area (Å²) in [6.45, 7) is 6.86. The summed E-state index contributed by atoms with van der Waals surface area (Å²) in [5, 5.41) is 6.24. The van der Waals surface area contributed by atoms with E-state index in [1.165, 1.54) is 23.3 Å². The molecule has 43 heavy (non-hydrogen) atoms. The molecule has 1 N–H and O–H groups in total. The van der Waals surface area contributed by atoms with Crippen LogP contribution in [0.4, 0.5) is 10.7 Å². The molecule has 0 atom stereocenters. The molecule has 0 aliphatic heterocycles. The van der Waals surface area contributed by atoms with Crippen LogP contribution in [0.25, 0.3) is 10.9 Å². The summed E-state index contributed by atoms with van der Waals surface area (Å²) in [4.78, 5) is 20.4. The van der Waals surface area contributed by atoms with Crippen molar-refractivity contribution in [3.05, 3.63) is 115 Å². The number of hydrogen-bond donors (Lipinski definition) is 1. The van der Waals surface area contributed by atoms with Gasteiger partial charge in [0.15, 0.2) is 0 Å². The maximum absolute atomic E-state index is 14.0. The Morgan fingerprint density at radius 3 is 2.56 bits per heavy atom. The third-order valence-electron chi connectivity index (χ3n) is 8.44. The van der Waals surface area contributed by atoms with Crippen molar-refractivity contribution in [2.24, 2.45) is 4.99 Å². The van der Waals surface area contributed by atoms with E-state index in [9.17, 15) is 4.79 Å². The van der Waals surface area contributed by atoms with Gasteiger partial charge in [0.2, 0.25) is 0 Å². The highest BCUT2D eigenvalue weighted by Crippen LogP contribution is 2.40. The number of halogens is 2. The normalized spacial score (nSPS) is 13.7. The maximum Gasteiger partial charge on any atom is 0.259 e. The predicted octanol–water partition coefficient (Wildman–Crippen LogP) is 10.6. The summed E-state index contributed by atoms with van der Waals surface area (Å²) in [7, 11) is 0. The molecule has 6 rings (SSSR count).